The highest BCUT2D eigenvalue weighted by Gasteiger charge is 2.14. The lowest BCUT2D eigenvalue weighted by Crippen LogP contribution is -2.42. The fraction of sp³-hybridized carbons (Fsp3) is 0.500. The molecule has 1 fully saturated rings. The summed E-state index contributed by atoms with van der Waals surface area (Å²) in [5.41, 5.74) is 7.12. The average Bonchev–Trinajstić information content (AvgIpc) is 2.49. The van der Waals surface area contributed by atoms with E-state index in [-0.39, 0.29) is 36.5 Å². The summed E-state index contributed by atoms with van der Waals surface area (Å²) in [7, 11) is 0. The number of rotatable bonds is 4. The number of aliphatic imine (C=N–C) groups is 1. The predicted octanol–water partition coefficient (Wildman–Crippen LogP) is 1.74. The first kappa shape index (κ1) is 17.6. The number of hydrogen-bond donors (Lipinski definition) is 2. The second-order valence-corrected chi connectivity index (χ2v) is 5.81. The molecule has 6 heteroatoms. The normalized spacial score (nSPS) is 17.4. The molecule has 0 aromatic heterocycles. The standard InChI is InChI=1S/C14H21N3OS.HI/c15-14(17-6-8-19-9-7-17)16-10-13(11-18)12-4-2-1-3-5-12;/h1-5,13,18H,6-11H2,(H2,15,16);1H. The van der Waals surface area contributed by atoms with Gasteiger partial charge in [-0.3, -0.25) is 4.99 Å². The topological polar surface area (TPSA) is 61.9 Å². The number of aliphatic hydroxyl groups is 1. The highest BCUT2D eigenvalue weighted by Crippen LogP contribution is 2.15. The van der Waals surface area contributed by atoms with E-state index in [4.69, 9.17) is 5.73 Å². The molecule has 1 heterocycles. The van der Waals surface area contributed by atoms with E-state index >= 15 is 0 Å². The van der Waals surface area contributed by atoms with Gasteiger partial charge in [0, 0.05) is 30.5 Å². The van der Waals surface area contributed by atoms with Crippen molar-refractivity contribution < 1.29 is 5.11 Å². The third kappa shape index (κ3) is 5.14. The highest BCUT2D eigenvalue weighted by molar-refractivity contribution is 14.0. The molecular formula is C14H22IN3OS. The van der Waals surface area contributed by atoms with Gasteiger partial charge in [-0.05, 0) is 5.56 Å². The van der Waals surface area contributed by atoms with Crippen LogP contribution in [0.25, 0.3) is 0 Å². The van der Waals surface area contributed by atoms with Crippen LogP contribution in [0.15, 0.2) is 35.3 Å². The summed E-state index contributed by atoms with van der Waals surface area (Å²) >= 11 is 1.95. The molecule has 0 spiro atoms. The molecule has 1 aliphatic heterocycles. The van der Waals surface area contributed by atoms with Crippen LogP contribution < -0.4 is 5.73 Å². The summed E-state index contributed by atoms with van der Waals surface area (Å²) in [5.74, 6) is 2.85. The lowest BCUT2D eigenvalue weighted by molar-refractivity contribution is 0.267. The first-order chi connectivity index (χ1) is 9.31. The summed E-state index contributed by atoms with van der Waals surface area (Å²) < 4.78 is 0. The van der Waals surface area contributed by atoms with Gasteiger partial charge in [-0.15, -0.1) is 24.0 Å². The van der Waals surface area contributed by atoms with Crippen molar-refractivity contribution in [1.82, 2.24) is 4.90 Å². The Morgan fingerprint density at radius 1 is 1.30 bits per heavy atom. The summed E-state index contributed by atoms with van der Waals surface area (Å²) in [4.78, 5) is 6.57. The van der Waals surface area contributed by atoms with Crippen LogP contribution in [0.5, 0.6) is 0 Å². The summed E-state index contributed by atoms with van der Waals surface area (Å²) in [6.45, 7) is 2.57. The molecule has 0 radical (unpaired) electrons. The monoisotopic (exact) mass is 407 g/mol. The summed E-state index contributed by atoms with van der Waals surface area (Å²) in [5, 5.41) is 9.48. The zero-order chi connectivity index (χ0) is 13.5. The molecule has 1 atom stereocenters. The molecule has 2 rings (SSSR count). The Labute approximate surface area is 141 Å². The first-order valence-corrected chi connectivity index (χ1v) is 7.75. The molecule has 1 aromatic carbocycles. The van der Waals surface area contributed by atoms with E-state index in [1.165, 1.54) is 0 Å². The lowest BCUT2D eigenvalue weighted by Gasteiger charge is -2.27. The quantitative estimate of drug-likeness (QED) is 0.454. The van der Waals surface area contributed by atoms with Gasteiger partial charge in [0.1, 0.15) is 0 Å². The predicted molar refractivity (Wildman–Crippen MR) is 97.1 cm³/mol. The van der Waals surface area contributed by atoms with Crippen molar-refractivity contribution >= 4 is 41.7 Å². The van der Waals surface area contributed by atoms with Crippen LogP contribution in [0.3, 0.4) is 0 Å². The van der Waals surface area contributed by atoms with Crippen LogP contribution in [-0.2, 0) is 0 Å². The van der Waals surface area contributed by atoms with Gasteiger partial charge in [0.2, 0.25) is 0 Å². The zero-order valence-corrected chi connectivity index (χ0v) is 14.6. The Hall–Kier alpha value is -0.470. The minimum Gasteiger partial charge on any atom is -0.396 e. The molecule has 20 heavy (non-hydrogen) atoms. The van der Waals surface area contributed by atoms with E-state index in [9.17, 15) is 5.11 Å². The molecule has 0 aliphatic carbocycles. The van der Waals surface area contributed by atoms with Crippen molar-refractivity contribution in [2.45, 2.75) is 5.92 Å². The van der Waals surface area contributed by atoms with E-state index in [1.807, 2.05) is 42.1 Å². The Bertz CT molecular complexity index is 410. The Morgan fingerprint density at radius 3 is 2.55 bits per heavy atom. The van der Waals surface area contributed by atoms with Crippen molar-refractivity contribution in [3.8, 4) is 0 Å². The smallest absolute Gasteiger partial charge is 0.191 e. The van der Waals surface area contributed by atoms with Crippen molar-refractivity contribution in [2.75, 3.05) is 37.7 Å². The first-order valence-electron chi connectivity index (χ1n) is 6.59. The Kier molecular flexibility index (Phi) is 8.32. The molecule has 3 N–H and O–H groups in total. The number of benzene rings is 1. The van der Waals surface area contributed by atoms with Gasteiger partial charge in [0.25, 0.3) is 0 Å². The molecule has 1 aromatic rings. The highest BCUT2D eigenvalue weighted by atomic mass is 127. The molecule has 112 valence electrons. The van der Waals surface area contributed by atoms with Gasteiger partial charge in [-0.2, -0.15) is 11.8 Å². The number of guanidine groups is 1. The van der Waals surface area contributed by atoms with Gasteiger partial charge in [0.05, 0.1) is 13.2 Å². The number of aliphatic hydroxyl groups excluding tert-OH is 1. The zero-order valence-electron chi connectivity index (χ0n) is 11.4. The lowest BCUT2D eigenvalue weighted by atomic mass is 10.0. The van der Waals surface area contributed by atoms with Gasteiger partial charge in [0.15, 0.2) is 5.96 Å². The van der Waals surface area contributed by atoms with Gasteiger partial charge >= 0.3 is 0 Å². The minimum absolute atomic E-state index is 0. The third-order valence-corrected chi connectivity index (χ3v) is 4.24. The number of halogens is 1. The molecule has 0 amide bonds. The van der Waals surface area contributed by atoms with Crippen LogP contribution in [0.2, 0.25) is 0 Å². The summed E-state index contributed by atoms with van der Waals surface area (Å²) in [6, 6.07) is 9.97. The van der Waals surface area contributed by atoms with Crippen LogP contribution in [0.4, 0.5) is 0 Å². The van der Waals surface area contributed by atoms with Crippen LogP contribution in [0, 0.1) is 0 Å². The SMILES string of the molecule is I.NC(=NCC(CO)c1ccccc1)N1CCSCC1. The molecule has 4 nitrogen and oxygen atoms in total. The third-order valence-electron chi connectivity index (χ3n) is 3.30. The van der Waals surface area contributed by atoms with Crippen molar-refractivity contribution in [3.63, 3.8) is 0 Å². The summed E-state index contributed by atoms with van der Waals surface area (Å²) in [6.07, 6.45) is 0. The van der Waals surface area contributed by atoms with Gasteiger partial charge in [-0.25, -0.2) is 0 Å². The van der Waals surface area contributed by atoms with Gasteiger partial charge in [-0.1, -0.05) is 30.3 Å². The molecule has 1 saturated heterocycles. The maximum Gasteiger partial charge on any atom is 0.191 e. The number of nitrogens with two attached hydrogens (primary N) is 1. The van der Waals surface area contributed by atoms with Crippen LogP contribution in [-0.4, -0.2) is 53.7 Å². The fourth-order valence-electron chi connectivity index (χ4n) is 2.09. The van der Waals surface area contributed by atoms with E-state index < -0.39 is 0 Å². The number of hydrogen-bond acceptors (Lipinski definition) is 3. The fourth-order valence-corrected chi connectivity index (χ4v) is 2.99. The van der Waals surface area contributed by atoms with E-state index in [1.54, 1.807) is 0 Å². The molecule has 0 bridgehead atoms. The second-order valence-electron chi connectivity index (χ2n) is 4.59. The largest absolute Gasteiger partial charge is 0.396 e. The molecule has 1 aliphatic rings. The average molecular weight is 407 g/mol. The minimum atomic E-state index is 0. The van der Waals surface area contributed by atoms with Crippen molar-refractivity contribution in [2.24, 2.45) is 10.7 Å². The number of nitrogens with zero attached hydrogens (tertiary/aromatic N) is 2. The maximum atomic E-state index is 9.48. The van der Waals surface area contributed by atoms with Crippen LogP contribution >= 0.6 is 35.7 Å². The molecule has 0 saturated carbocycles. The Morgan fingerprint density at radius 2 is 1.95 bits per heavy atom. The number of thioether (sulfide) groups is 1. The van der Waals surface area contributed by atoms with Crippen molar-refractivity contribution in [1.29, 1.82) is 0 Å². The second kappa shape index (κ2) is 9.46. The van der Waals surface area contributed by atoms with Gasteiger partial charge < -0.3 is 15.7 Å². The van der Waals surface area contributed by atoms with Crippen molar-refractivity contribution in [3.05, 3.63) is 35.9 Å². The molecular weight excluding hydrogens is 385 g/mol. The van der Waals surface area contributed by atoms with E-state index in [0.717, 1.165) is 30.2 Å². The van der Waals surface area contributed by atoms with E-state index in [2.05, 4.69) is 9.89 Å². The Balaban J connectivity index is 0.00000200. The maximum absolute atomic E-state index is 9.48. The van der Waals surface area contributed by atoms with Crippen LogP contribution in [0.1, 0.15) is 11.5 Å². The van der Waals surface area contributed by atoms with E-state index in [0.29, 0.717) is 12.5 Å². The molecule has 1 unspecified atom stereocenters.